The predicted molar refractivity (Wildman–Crippen MR) is 115 cm³/mol. The van der Waals surface area contributed by atoms with Gasteiger partial charge in [-0.2, -0.15) is 0 Å². The Bertz CT molecular complexity index is 1020. The third-order valence-electron chi connectivity index (χ3n) is 5.39. The molecule has 1 heterocycles. The van der Waals surface area contributed by atoms with Crippen molar-refractivity contribution >= 4 is 11.7 Å². The first-order valence-corrected chi connectivity index (χ1v) is 10.0. The van der Waals surface area contributed by atoms with Crippen LogP contribution < -0.4 is 0 Å². The highest BCUT2D eigenvalue weighted by Gasteiger charge is 2.21. The van der Waals surface area contributed by atoms with E-state index < -0.39 is 0 Å². The molecule has 0 amide bonds. The van der Waals surface area contributed by atoms with E-state index in [1.54, 1.807) is 6.33 Å². The van der Waals surface area contributed by atoms with Gasteiger partial charge in [0.2, 0.25) is 0 Å². The zero-order valence-corrected chi connectivity index (χ0v) is 16.8. The van der Waals surface area contributed by atoms with Crippen molar-refractivity contribution < 1.29 is 0 Å². The maximum Gasteiger partial charge on any atom is 0.161 e. The second-order valence-corrected chi connectivity index (χ2v) is 7.16. The van der Waals surface area contributed by atoms with E-state index in [1.807, 2.05) is 0 Å². The Kier molecular flexibility index (Phi) is 5.20. The zero-order valence-electron chi connectivity index (χ0n) is 16.8. The van der Waals surface area contributed by atoms with Gasteiger partial charge in [-0.25, -0.2) is 15.0 Å². The Labute approximate surface area is 167 Å². The van der Waals surface area contributed by atoms with Gasteiger partial charge in [0.05, 0.1) is 5.69 Å². The summed E-state index contributed by atoms with van der Waals surface area (Å²) in [7, 11) is 0. The maximum absolute atomic E-state index is 5.09. The third kappa shape index (κ3) is 3.42. The van der Waals surface area contributed by atoms with Crippen molar-refractivity contribution in [1.82, 2.24) is 14.9 Å². The van der Waals surface area contributed by atoms with Gasteiger partial charge >= 0.3 is 0 Å². The molecule has 0 N–H and O–H groups in total. The second kappa shape index (κ2) is 7.93. The molecular formula is C24H26N4. The van der Waals surface area contributed by atoms with Gasteiger partial charge in [-0.15, -0.1) is 0 Å². The number of fused-ring (bicyclic) bond motifs is 3. The van der Waals surface area contributed by atoms with E-state index >= 15 is 0 Å². The highest BCUT2D eigenvalue weighted by molar-refractivity contribution is 6.00. The Balaban J connectivity index is 1.86. The molecule has 4 rings (SSSR count). The summed E-state index contributed by atoms with van der Waals surface area (Å²) in [5.41, 5.74) is 7.11. The average molecular weight is 371 g/mol. The fourth-order valence-electron chi connectivity index (χ4n) is 3.92. The number of aliphatic imine (C=N–C) groups is 1. The number of aryl methyl sites for hydroxylation is 2. The van der Waals surface area contributed by atoms with E-state index in [0.717, 1.165) is 54.4 Å². The Morgan fingerprint density at radius 2 is 1.82 bits per heavy atom. The van der Waals surface area contributed by atoms with E-state index in [1.165, 1.54) is 16.7 Å². The zero-order chi connectivity index (χ0) is 19.5. The molecule has 0 aliphatic heterocycles. The minimum Gasteiger partial charge on any atom is -0.357 e. The van der Waals surface area contributed by atoms with Crippen molar-refractivity contribution in [1.29, 1.82) is 0 Å². The number of benzene rings is 2. The monoisotopic (exact) mass is 370 g/mol. The second-order valence-electron chi connectivity index (χ2n) is 7.16. The molecule has 1 aromatic heterocycles. The summed E-state index contributed by atoms with van der Waals surface area (Å²) in [5.74, 6) is 1.77. The lowest BCUT2D eigenvalue weighted by Gasteiger charge is -2.24. The van der Waals surface area contributed by atoms with Gasteiger partial charge in [0, 0.05) is 29.8 Å². The summed E-state index contributed by atoms with van der Waals surface area (Å²) in [6, 6.07) is 17.1. The molecule has 0 bridgehead atoms. The predicted octanol–water partition coefficient (Wildman–Crippen LogP) is 4.97. The van der Waals surface area contributed by atoms with Crippen LogP contribution in [0.4, 0.5) is 5.82 Å². The van der Waals surface area contributed by atoms with Crippen LogP contribution in [-0.2, 0) is 12.8 Å². The molecule has 0 radical (unpaired) electrons. The van der Waals surface area contributed by atoms with Gasteiger partial charge in [0.1, 0.15) is 12.2 Å². The molecule has 142 valence electrons. The van der Waals surface area contributed by atoms with Gasteiger partial charge in [-0.05, 0) is 45.2 Å². The molecule has 3 aromatic rings. The third-order valence-corrected chi connectivity index (χ3v) is 5.39. The van der Waals surface area contributed by atoms with Crippen molar-refractivity contribution in [3.05, 3.63) is 77.1 Å². The smallest absolute Gasteiger partial charge is 0.161 e. The van der Waals surface area contributed by atoms with E-state index in [0.29, 0.717) is 0 Å². The summed E-state index contributed by atoms with van der Waals surface area (Å²) in [4.78, 5) is 16.6. The Hall–Kier alpha value is -3.01. The molecule has 0 saturated carbocycles. The molecule has 1 aliphatic carbocycles. The maximum atomic E-state index is 5.09. The number of hydrogen-bond acceptors (Lipinski definition) is 3. The molecule has 28 heavy (non-hydrogen) atoms. The van der Waals surface area contributed by atoms with Gasteiger partial charge in [0.15, 0.2) is 5.82 Å². The quantitative estimate of drug-likeness (QED) is 0.481. The van der Waals surface area contributed by atoms with Crippen LogP contribution in [0.25, 0.3) is 11.3 Å². The topological polar surface area (TPSA) is 41.4 Å². The first kappa shape index (κ1) is 18.4. The summed E-state index contributed by atoms with van der Waals surface area (Å²) < 4.78 is 0. The highest BCUT2D eigenvalue weighted by atomic mass is 15.2. The molecule has 0 saturated heterocycles. The van der Waals surface area contributed by atoms with Crippen LogP contribution in [0.1, 0.15) is 36.1 Å². The van der Waals surface area contributed by atoms with Gasteiger partial charge < -0.3 is 4.90 Å². The summed E-state index contributed by atoms with van der Waals surface area (Å²) in [5, 5.41) is 0. The molecule has 4 nitrogen and oxygen atoms in total. The molecular weight excluding hydrogens is 344 g/mol. The number of nitrogens with zero attached hydrogens (tertiary/aromatic N) is 4. The molecule has 0 atom stereocenters. The van der Waals surface area contributed by atoms with Crippen LogP contribution in [0.2, 0.25) is 0 Å². The minimum atomic E-state index is 0.794. The number of amidine groups is 1. The fraction of sp³-hybridized carbons (Fsp3) is 0.292. The summed E-state index contributed by atoms with van der Waals surface area (Å²) >= 11 is 0. The molecule has 2 aromatic carbocycles. The van der Waals surface area contributed by atoms with Crippen molar-refractivity contribution in [2.24, 2.45) is 4.99 Å². The van der Waals surface area contributed by atoms with Gasteiger partial charge in [-0.1, -0.05) is 48.0 Å². The lowest BCUT2D eigenvalue weighted by molar-refractivity contribution is 0.466. The summed E-state index contributed by atoms with van der Waals surface area (Å²) in [6.07, 6.45) is 3.57. The molecule has 0 fully saturated rings. The number of rotatable bonds is 4. The average Bonchev–Trinajstić information content (AvgIpc) is 2.74. The lowest BCUT2D eigenvalue weighted by atomic mass is 9.89. The standard InChI is InChI=1S/C24H26N4/c1-4-28(5-2)24(19-11-8-9-17(3)15-19)27-23-21-14-13-18-10-6-7-12-20(18)22(21)25-16-26-23/h6-12,15-16H,4-5,13-14H2,1-3H3. The first-order chi connectivity index (χ1) is 13.7. The highest BCUT2D eigenvalue weighted by Crippen LogP contribution is 2.35. The first-order valence-electron chi connectivity index (χ1n) is 10.0. The lowest BCUT2D eigenvalue weighted by Crippen LogP contribution is -2.31. The largest absolute Gasteiger partial charge is 0.357 e. The Morgan fingerprint density at radius 1 is 1.00 bits per heavy atom. The molecule has 0 unspecified atom stereocenters. The SMILES string of the molecule is CCN(CC)C(=Nc1ncnc2c1CCc1ccccc1-2)c1cccc(C)c1. The van der Waals surface area contributed by atoms with Crippen LogP contribution in [0.15, 0.2) is 59.9 Å². The van der Waals surface area contributed by atoms with Crippen molar-refractivity contribution in [2.45, 2.75) is 33.6 Å². The van der Waals surface area contributed by atoms with Gasteiger partial charge in [0.25, 0.3) is 0 Å². The summed E-state index contributed by atoms with van der Waals surface area (Å²) in [6.45, 7) is 8.26. The van der Waals surface area contributed by atoms with Crippen LogP contribution in [-0.4, -0.2) is 33.8 Å². The van der Waals surface area contributed by atoms with Crippen LogP contribution in [0.5, 0.6) is 0 Å². The molecule has 0 spiro atoms. The van der Waals surface area contributed by atoms with E-state index in [2.05, 4.69) is 84.2 Å². The number of aromatic nitrogens is 2. The van der Waals surface area contributed by atoms with Crippen LogP contribution >= 0.6 is 0 Å². The normalized spacial score (nSPS) is 13.0. The Morgan fingerprint density at radius 3 is 2.61 bits per heavy atom. The van der Waals surface area contributed by atoms with E-state index in [4.69, 9.17) is 4.99 Å². The van der Waals surface area contributed by atoms with Gasteiger partial charge in [-0.3, -0.25) is 0 Å². The van der Waals surface area contributed by atoms with E-state index in [-0.39, 0.29) is 0 Å². The van der Waals surface area contributed by atoms with Crippen LogP contribution in [0.3, 0.4) is 0 Å². The fourth-order valence-corrected chi connectivity index (χ4v) is 3.92. The van der Waals surface area contributed by atoms with Crippen molar-refractivity contribution in [3.63, 3.8) is 0 Å². The minimum absolute atomic E-state index is 0.794. The molecule has 1 aliphatic rings. The van der Waals surface area contributed by atoms with Crippen molar-refractivity contribution in [2.75, 3.05) is 13.1 Å². The number of hydrogen-bond donors (Lipinski definition) is 0. The van der Waals surface area contributed by atoms with Crippen molar-refractivity contribution in [3.8, 4) is 11.3 Å². The van der Waals surface area contributed by atoms with E-state index in [9.17, 15) is 0 Å². The van der Waals surface area contributed by atoms with Crippen LogP contribution in [0, 0.1) is 6.92 Å². The molecule has 4 heteroatoms.